The zero-order chi connectivity index (χ0) is 49.2. The van der Waals surface area contributed by atoms with E-state index in [0.717, 1.165) is 51.4 Å². The van der Waals surface area contributed by atoms with Gasteiger partial charge in [-0.3, -0.25) is 9.59 Å². The van der Waals surface area contributed by atoms with Gasteiger partial charge >= 0.3 is 11.9 Å². The van der Waals surface area contributed by atoms with Gasteiger partial charge in [-0.2, -0.15) is 0 Å². The van der Waals surface area contributed by atoms with Crippen molar-refractivity contribution in [3.05, 3.63) is 24.3 Å². The topological polar surface area (TPSA) is 61.8 Å². The first-order valence-electron chi connectivity index (χ1n) is 30.9. The molecule has 0 rings (SSSR count). The lowest BCUT2D eigenvalue weighted by atomic mass is 10.0. The van der Waals surface area contributed by atoms with Crippen molar-refractivity contribution in [1.29, 1.82) is 0 Å². The van der Waals surface area contributed by atoms with E-state index in [4.69, 9.17) is 14.2 Å². The van der Waals surface area contributed by atoms with Gasteiger partial charge in [-0.05, 0) is 51.4 Å². The van der Waals surface area contributed by atoms with E-state index in [2.05, 4.69) is 45.1 Å². The maximum absolute atomic E-state index is 12.9. The van der Waals surface area contributed by atoms with E-state index in [-0.39, 0.29) is 18.5 Å². The van der Waals surface area contributed by atoms with E-state index < -0.39 is 6.10 Å². The Morgan fingerprint density at radius 3 is 1.00 bits per heavy atom. The lowest BCUT2D eigenvalue weighted by Crippen LogP contribution is -2.30. The van der Waals surface area contributed by atoms with Crippen molar-refractivity contribution in [3.63, 3.8) is 0 Å². The van der Waals surface area contributed by atoms with Crippen molar-refractivity contribution in [2.24, 2.45) is 0 Å². The molecule has 0 aromatic carbocycles. The monoisotopic (exact) mass is 957 g/mol. The molecule has 0 radical (unpaired) electrons. The molecule has 0 aliphatic heterocycles. The summed E-state index contributed by atoms with van der Waals surface area (Å²) in [5, 5.41) is 0. The summed E-state index contributed by atoms with van der Waals surface area (Å²) in [7, 11) is 0. The molecule has 0 saturated heterocycles. The van der Waals surface area contributed by atoms with Crippen molar-refractivity contribution in [3.8, 4) is 0 Å². The smallest absolute Gasteiger partial charge is 0.306 e. The molecule has 0 amide bonds. The van der Waals surface area contributed by atoms with Crippen LogP contribution in [0.3, 0.4) is 0 Å². The molecule has 0 heterocycles. The summed E-state index contributed by atoms with van der Waals surface area (Å²) in [5.41, 5.74) is 0. The third kappa shape index (κ3) is 57.0. The summed E-state index contributed by atoms with van der Waals surface area (Å²) in [6, 6.07) is 0. The van der Waals surface area contributed by atoms with Gasteiger partial charge in [0.25, 0.3) is 0 Å². The second-order valence-electron chi connectivity index (χ2n) is 21.0. The number of carbonyl (C=O) groups is 2. The van der Waals surface area contributed by atoms with Gasteiger partial charge in [0, 0.05) is 19.4 Å². The first-order valence-corrected chi connectivity index (χ1v) is 30.9. The van der Waals surface area contributed by atoms with Crippen LogP contribution in [0.15, 0.2) is 24.3 Å². The first-order chi connectivity index (χ1) is 33.6. The summed E-state index contributed by atoms with van der Waals surface area (Å²) in [5.74, 6) is -0.387. The summed E-state index contributed by atoms with van der Waals surface area (Å²) >= 11 is 0. The van der Waals surface area contributed by atoms with E-state index >= 15 is 0 Å². The molecule has 0 bridgehead atoms. The fourth-order valence-electron chi connectivity index (χ4n) is 9.37. The summed E-state index contributed by atoms with van der Waals surface area (Å²) in [6.07, 6.45) is 72.1. The highest BCUT2D eigenvalue weighted by Gasteiger charge is 2.18. The van der Waals surface area contributed by atoms with Crippen LogP contribution in [0.2, 0.25) is 0 Å². The van der Waals surface area contributed by atoms with Crippen LogP contribution in [0.1, 0.15) is 342 Å². The predicted molar refractivity (Wildman–Crippen MR) is 298 cm³/mol. The Morgan fingerprint density at radius 1 is 0.324 bits per heavy atom. The van der Waals surface area contributed by atoms with Gasteiger partial charge in [-0.25, -0.2) is 0 Å². The number of ether oxygens (including phenoxy) is 3. The highest BCUT2D eigenvalue weighted by atomic mass is 16.6. The Hall–Kier alpha value is -1.62. The third-order valence-electron chi connectivity index (χ3n) is 14.0. The van der Waals surface area contributed by atoms with Crippen LogP contribution in [0.5, 0.6) is 0 Å². The zero-order valence-corrected chi connectivity index (χ0v) is 46.4. The average molecular weight is 958 g/mol. The molecule has 0 aromatic heterocycles. The highest BCUT2D eigenvalue weighted by molar-refractivity contribution is 5.70. The molecule has 0 aromatic rings. The Balaban J connectivity index is 4.20. The van der Waals surface area contributed by atoms with Crippen LogP contribution >= 0.6 is 0 Å². The van der Waals surface area contributed by atoms with Gasteiger partial charge in [0.15, 0.2) is 6.10 Å². The molecule has 0 spiro atoms. The van der Waals surface area contributed by atoms with Gasteiger partial charge in [-0.15, -0.1) is 0 Å². The lowest BCUT2D eigenvalue weighted by Gasteiger charge is -2.18. The molecule has 402 valence electrons. The van der Waals surface area contributed by atoms with Gasteiger partial charge in [0.1, 0.15) is 6.61 Å². The van der Waals surface area contributed by atoms with Gasteiger partial charge in [-0.1, -0.05) is 302 Å². The quantitative estimate of drug-likeness (QED) is 0.0345. The van der Waals surface area contributed by atoms with Crippen LogP contribution in [0.4, 0.5) is 0 Å². The Kier molecular flexibility index (Phi) is 58.3. The van der Waals surface area contributed by atoms with Gasteiger partial charge < -0.3 is 14.2 Å². The minimum absolute atomic E-state index is 0.0882. The van der Waals surface area contributed by atoms with Crippen molar-refractivity contribution in [2.45, 2.75) is 348 Å². The highest BCUT2D eigenvalue weighted by Crippen LogP contribution is 2.17. The van der Waals surface area contributed by atoms with E-state index in [0.29, 0.717) is 26.1 Å². The molecule has 0 aliphatic rings. The van der Waals surface area contributed by atoms with Crippen LogP contribution in [-0.2, 0) is 23.8 Å². The van der Waals surface area contributed by atoms with E-state index in [1.165, 1.54) is 257 Å². The maximum Gasteiger partial charge on any atom is 0.306 e. The van der Waals surface area contributed by atoms with E-state index in [1.54, 1.807) is 0 Å². The number of unbranched alkanes of at least 4 members (excludes halogenated alkanes) is 43. The molecule has 0 N–H and O–H groups in total. The third-order valence-corrected chi connectivity index (χ3v) is 14.0. The number of allylic oxidation sites excluding steroid dienone is 4. The Morgan fingerprint density at radius 2 is 0.618 bits per heavy atom. The van der Waals surface area contributed by atoms with Crippen LogP contribution in [0.25, 0.3) is 0 Å². The number of esters is 2. The summed E-state index contributed by atoms with van der Waals surface area (Å²) in [6.45, 7) is 7.87. The van der Waals surface area contributed by atoms with Crippen LogP contribution < -0.4 is 0 Å². The molecule has 1 unspecified atom stereocenters. The van der Waals surface area contributed by atoms with Crippen LogP contribution in [0, 0.1) is 0 Å². The summed E-state index contributed by atoms with van der Waals surface area (Å²) < 4.78 is 17.5. The fourth-order valence-corrected chi connectivity index (χ4v) is 9.37. The molecule has 68 heavy (non-hydrogen) atoms. The van der Waals surface area contributed by atoms with E-state index in [1.807, 2.05) is 0 Å². The SMILES string of the molecule is CCCCC/C=C\C/C=C\CCCCCCCC(=O)OC(COCCCCCCCCCCCCCCCCCCCCCC)COC(=O)CCCCCCCCCCCCCCCCCCC. The van der Waals surface area contributed by atoms with Crippen molar-refractivity contribution < 1.29 is 23.8 Å². The minimum atomic E-state index is -0.537. The molecular weight excluding hydrogens is 837 g/mol. The molecule has 5 heteroatoms. The molecule has 0 saturated carbocycles. The van der Waals surface area contributed by atoms with Crippen molar-refractivity contribution in [1.82, 2.24) is 0 Å². The normalized spacial score (nSPS) is 12.2. The summed E-state index contributed by atoms with van der Waals surface area (Å²) in [4.78, 5) is 25.6. The number of carbonyl (C=O) groups excluding carboxylic acids is 2. The second-order valence-corrected chi connectivity index (χ2v) is 21.0. The number of hydrogen-bond donors (Lipinski definition) is 0. The van der Waals surface area contributed by atoms with Gasteiger partial charge in [0.05, 0.1) is 6.61 Å². The van der Waals surface area contributed by atoms with Gasteiger partial charge in [0.2, 0.25) is 0 Å². The molecule has 0 fully saturated rings. The standard InChI is InChI=1S/C63H120O5/c1-4-7-10-13-16-19-22-25-28-30-31-32-34-37-40-43-46-49-52-55-58-66-59-61(68-63(65)57-54-51-48-45-42-39-35-27-24-21-18-15-12-9-6-3)60-67-62(64)56-53-50-47-44-41-38-36-33-29-26-23-20-17-14-11-8-5-2/h18,21,27,35,61H,4-17,19-20,22-26,28-34,36-60H2,1-3H3/b21-18-,35-27-. The Labute approximate surface area is 426 Å². The van der Waals surface area contributed by atoms with Crippen LogP contribution in [-0.4, -0.2) is 37.9 Å². The van der Waals surface area contributed by atoms with Crippen molar-refractivity contribution in [2.75, 3.05) is 19.8 Å². The largest absolute Gasteiger partial charge is 0.462 e. The number of hydrogen-bond acceptors (Lipinski definition) is 5. The average Bonchev–Trinajstić information content (AvgIpc) is 3.34. The minimum Gasteiger partial charge on any atom is -0.462 e. The second kappa shape index (κ2) is 59.7. The molecule has 1 atom stereocenters. The maximum atomic E-state index is 12.9. The zero-order valence-electron chi connectivity index (χ0n) is 46.4. The number of rotatable bonds is 58. The molecule has 0 aliphatic carbocycles. The first kappa shape index (κ1) is 66.4. The van der Waals surface area contributed by atoms with E-state index in [9.17, 15) is 9.59 Å². The molecular formula is C63H120O5. The fraction of sp³-hybridized carbons (Fsp3) is 0.905. The predicted octanol–water partition coefficient (Wildman–Crippen LogP) is 21.1. The molecule has 5 nitrogen and oxygen atoms in total. The van der Waals surface area contributed by atoms with Crippen molar-refractivity contribution >= 4 is 11.9 Å². The lowest BCUT2D eigenvalue weighted by molar-refractivity contribution is -0.163. The Bertz CT molecular complexity index is 1040.